The topological polar surface area (TPSA) is 49.3 Å². The Balaban J connectivity index is 2.35. The number of rotatable bonds is 2. The van der Waals surface area contributed by atoms with Crippen molar-refractivity contribution in [1.29, 1.82) is 0 Å². The first-order chi connectivity index (χ1) is 5.50. The second-order valence-corrected chi connectivity index (χ2v) is 4.74. The zero-order valence-electron chi connectivity index (χ0n) is 7.46. The second-order valence-electron chi connectivity index (χ2n) is 3.59. The number of carbonyl (C=O) groups excluding carboxylic acids is 1. The normalized spacial score (nSPS) is 24.1. The molecule has 1 unspecified atom stereocenters. The third-order valence-corrected chi connectivity index (χ3v) is 2.98. The summed E-state index contributed by atoms with van der Waals surface area (Å²) < 4.78 is 0. The van der Waals surface area contributed by atoms with Crippen molar-refractivity contribution in [3.63, 3.8) is 0 Å². The summed E-state index contributed by atoms with van der Waals surface area (Å²) in [6.45, 7) is 3.01. The highest BCUT2D eigenvalue weighted by atomic mass is 32.2. The first-order valence-electron chi connectivity index (χ1n) is 4.11. The van der Waals surface area contributed by atoms with Crippen molar-refractivity contribution in [2.75, 3.05) is 11.5 Å². The fourth-order valence-corrected chi connectivity index (χ4v) is 2.16. The van der Waals surface area contributed by atoms with Gasteiger partial charge < -0.3 is 10.4 Å². The molecule has 0 spiro atoms. The molecule has 12 heavy (non-hydrogen) atoms. The highest BCUT2D eigenvalue weighted by molar-refractivity contribution is 7.99. The van der Waals surface area contributed by atoms with Crippen LogP contribution in [-0.4, -0.2) is 34.2 Å². The quantitative estimate of drug-likeness (QED) is 0.660. The molecular formula is C8H15NO2S. The van der Waals surface area contributed by atoms with Crippen LogP contribution >= 0.6 is 11.8 Å². The molecule has 0 bridgehead atoms. The Morgan fingerprint density at radius 2 is 2.33 bits per heavy atom. The zero-order chi connectivity index (χ0) is 9.19. The Hall–Kier alpha value is -0.220. The van der Waals surface area contributed by atoms with Crippen molar-refractivity contribution in [2.24, 2.45) is 0 Å². The smallest absolute Gasteiger partial charge is 0.251 e. The van der Waals surface area contributed by atoms with E-state index in [0.717, 1.165) is 17.9 Å². The number of carbonyl (C=O) groups is 1. The predicted octanol–water partition coefficient (Wildman–Crippen LogP) is 0.379. The Morgan fingerprint density at radius 1 is 1.67 bits per heavy atom. The van der Waals surface area contributed by atoms with Gasteiger partial charge in [-0.1, -0.05) is 0 Å². The molecule has 1 aliphatic rings. The molecule has 1 saturated heterocycles. The average molecular weight is 189 g/mol. The Morgan fingerprint density at radius 3 is 2.75 bits per heavy atom. The summed E-state index contributed by atoms with van der Waals surface area (Å²) in [5.41, 5.74) is -1.24. The monoisotopic (exact) mass is 189 g/mol. The van der Waals surface area contributed by atoms with Gasteiger partial charge in [0.15, 0.2) is 0 Å². The standard InChI is InChI=1S/C8H15NO2S/c1-8(2,11)7(10)9-6-3-4-12-5-6/h6,11H,3-5H2,1-2H3,(H,9,10). The minimum atomic E-state index is -1.24. The van der Waals surface area contributed by atoms with Crippen molar-refractivity contribution in [3.8, 4) is 0 Å². The summed E-state index contributed by atoms with van der Waals surface area (Å²) in [5, 5.41) is 12.1. The van der Waals surface area contributed by atoms with Crippen LogP contribution in [0.1, 0.15) is 20.3 Å². The zero-order valence-corrected chi connectivity index (χ0v) is 8.28. The van der Waals surface area contributed by atoms with Gasteiger partial charge >= 0.3 is 0 Å². The van der Waals surface area contributed by atoms with Crippen molar-refractivity contribution in [3.05, 3.63) is 0 Å². The molecule has 0 aromatic rings. The lowest BCUT2D eigenvalue weighted by Crippen LogP contribution is -2.46. The van der Waals surface area contributed by atoms with Gasteiger partial charge in [-0.05, 0) is 26.0 Å². The van der Waals surface area contributed by atoms with E-state index < -0.39 is 5.60 Å². The van der Waals surface area contributed by atoms with E-state index in [1.165, 1.54) is 13.8 Å². The van der Waals surface area contributed by atoms with E-state index >= 15 is 0 Å². The van der Waals surface area contributed by atoms with Crippen LogP contribution in [0.15, 0.2) is 0 Å². The molecule has 2 N–H and O–H groups in total. The van der Waals surface area contributed by atoms with Crippen LogP contribution in [-0.2, 0) is 4.79 Å². The van der Waals surface area contributed by atoms with E-state index in [4.69, 9.17) is 0 Å². The lowest BCUT2D eigenvalue weighted by Gasteiger charge is -2.19. The summed E-state index contributed by atoms with van der Waals surface area (Å²) >= 11 is 1.84. The van der Waals surface area contributed by atoms with Crippen LogP contribution in [0.5, 0.6) is 0 Å². The maximum Gasteiger partial charge on any atom is 0.251 e. The van der Waals surface area contributed by atoms with Gasteiger partial charge in [-0.25, -0.2) is 0 Å². The molecule has 1 amide bonds. The van der Waals surface area contributed by atoms with Crippen LogP contribution in [0.25, 0.3) is 0 Å². The molecule has 0 aromatic carbocycles. The Bertz CT molecular complexity index is 170. The largest absolute Gasteiger partial charge is 0.381 e. The molecule has 1 atom stereocenters. The minimum absolute atomic E-state index is 0.258. The number of hydrogen-bond donors (Lipinski definition) is 2. The summed E-state index contributed by atoms with van der Waals surface area (Å²) in [6.07, 6.45) is 1.02. The lowest BCUT2D eigenvalue weighted by atomic mass is 10.1. The molecular weight excluding hydrogens is 174 g/mol. The number of thioether (sulfide) groups is 1. The van der Waals surface area contributed by atoms with Crippen LogP contribution in [0.3, 0.4) is 0 Å². The first-order valence-corrected chi connectivity index (χ1v) is 5.26. The van der Waals surface area contributed by atoms with Gasteiger partial charge in [0.05, 0.1) is 0 Å². The van der Waals surface area contributed by atoms with Crippen molar-refractivity contribution in [2.45, 2.75) is 31.9 Å². The molecule has 0 aromatic heterocycles. The first kappa shape index (κ1) is 9.86. The molecule has 0 radical (unpaired) electrons. The van der Waals surface area contributed by atoms with Crippen molar-refractivity contribution in [1.82, 2.24) is 5.32 Å². The maximum atomic E-state index is 11.3. The van der Waals surface area contributed by atoms with Gasteiger partial charge in [0.1, 0.15) is 5.60 Å². The molecule has 1 rings (SSSR count). The molecule has 3 nitrogen and oxygen atoms in total. The van der Waals surface area contributed by atoms with E-state index in [-0.39, 0.29) is 11.9 Å². The van der Waals surface area contributed by atoms with Crippen LogP contribution in [0.4, 0.5) is 0 Å². The average Bonchev–Trinajstić information content (AvgIpc) is 2.37. The van der Waals surface area contributed by atoms with Crippen LogP contribution in [0.2, 0.25) is 0 Å². The predicted molar refractivity (Wildman–Crippen MR) is 50.2 cm³/mol. The van der Waals surface area contributed by atoms with Gasteiger partial charge in [0, 0.05) is 11.8 Å². The highest BCUT2D eigenvalue weighted by Crippen LogP contribution is 2.17. The summed E-state index contributed by atoms with van der Waals surface area (Å²) in [5.74, 6) is 1.81. The van der Waals surface area contributed by atoms with E-state index in [0.29, 0.717) is 0 Å². The van der Waals surface area contributed by atoms with E-state index in [1.54, 1.807) is 0 Å². The van der Waals surface area contributed by atoms with Gasteiger partial charge in [-0.3, -0.25) is 4.79 Å². The lowest BCUT2D eigenvalue weighted by molar-refractivity contribution is -0.137. The van der Waals surface area contributed by atoms with E-state index in [1.807, 2.05) is 11.8 Å². The SMILES string of the molecule is CC(C)(O)C(=O)NC1CCSC1. The minimum Gasteiger partial charge on any atom is -0.381 e. The number of nitrogens with one attached hydrogen (secondary N) is 1. The molecule has 70 valence electrons. The number of hydrogen-bond acceptors (Lipinski definition) is 3. The Kier molecular flexibility index (Phi) is 3.01. The van der Waals surface area contributed by atoms with Gasteiger partial charge in [-0.2, -0.15) is 11.8 Å². The second kappa shape index (κ2) is 3.66. The molecule has 1 fully saturated rings. The molecule has 4 heteroatoms. The summed E-state index contributed by atoms with van der Waals surface area (Å²) in [4.78, 5) is 11.3. The third-order valence-electron chi connectivity index (χ3n) is 1.82. The van der Waals surface area contributed by atoms with Crippen molar-refractivity contribution < 1.29 is 9.90 Å². The fraction of sp³-hybridized carbons (Fsp3) is 0.875. The van der Waals surface area contributed by atoms with Gasteiger partial charge in [0.2, 0.25) is 0 Å². The van der Waals surface area contributed by atoms with E-state index in [2.05, 4.69) is 5.32 Å². The fourth-order valence-electron chi connectivity index (χ4n) is 1.01. The van der Waals surface area contributed by atoms with Crippen LogP contribution in [0, 0.1) is 0 Å². The van der Waals surface area contributed by atoms with Gasteiger partial charge in [0.25, 0.3) is 5.91 Å². The van der Waals surface area contributed by atoms with E-state index in [9.17, 15) is 9.90 Å². The maximum absolute atomic E-state index is 11.3. The summed E-state index contributed by atoms with van der Waals surface area (Å²) in [6, 6.07) is 0.258. The molecule has 0 saturated carbocycles. The third kappa shape index (κ3) is 2.68. The molecule has 0 aliphatic carbocycles. The van der Waals surface area contributed by atoms with Crippen molar-refractivity contribution >= 4 is 17.7 Å². The molecule has 1 heterocycles. The highest BCUT2D eigenvalue weighted by Gasteiger charge is 2.27. The van der Waals surface area contributed by atoms with Gasteiger partial charge in [-0.15, -0.1) is 0 Å². The number of amides is 1. The number of aliphatic hydroxyl groups is 1. The Labute approximate surface area is 76.9 Å². The van der Waals surface area contributed by atoms with Crippen LogP contribution < -0.4 is 5.32 Å². The molecule has 1 aliphatic heterocycles. The summed E-state index contributed by atoms with van der Waals surface area (Å²) in [7, 11) is 0.